The number of anilines is 1. The van der Waals surface area contributed by atoms with Crippen LogP contribution in [0.2, 0.25) is 0 Å². The summed E-state index contributed by atoms with van der Waals surface area (Å²) < 4.78 is 5.14. The molecule has 0 radical (unpaired) electrons. The molecule has 5 nitrogen and oxygen atoms in total. The van der Waals surface area contributed by atoms with Gasteiger partial charge in [-0.3, -0.25) is 4.79 Å². The molecular weight excluding hydrogens is 220 g/mol. The SMILES string of the molecule is COc1cc(N)ccc1C(=O)N1CC[C@H](O)C1. The molecule has 1 atom stereocenters. The Kier molecular flexibility index (Phi) is 3.19. The minimum absolute atomic E-state index is 0.126. The number of hydrogen-bond acceptors (Lipinski definition) is 4. The lowest BCUT2D eigenvalue weighted by atomic mass is 10.1. The minimum Gasteiger partial charge on any atom is -0.496 e. The van der Waals surface area contributed by atoms with Crippen LogP contribution in [0.5, 0.6) is 5.75 Å². The van der Waals surface area contributed by atoms with E-state index >= 15 is 0 Å². The van der Waals surface area contributed by atoms with Gasteiger partial charge in [-0.25, -0.2) is 0 Å². The van der Waals surface area contributed by atoms with Crippen LogP contribution in [-0.4, -0.2) is 42.2 Å². The molecule has 92 valence electrons. The number of carbonyl (C=O) groups is 1. The highest BCUT2D eigenvalue weighted by Crippen LogP contribution is 2.24. The predicted octanol–water partition coefficient (Wildman–Crippen LogP) is 0.484. The molecule has 1 aliphatic rings. The summed E-state index contributed by atoms with van der Waals surface area (Å²) in [6, 6.07) is 4.95. The number of nitrogens with two attached hydrogens (primary N) is 1. The average Bonchev–Trinajstić information content (AvgIpc) is 2.75. The number of ether oxygens (including phenoxy) is 1. The second kappa shape index (κ2) is 4.63. The third-order valence-corrected chi connectivity index (χ3v) is 2.91. The van der Waals surface area contributed by atoms with Crippen LogP contribution in [0.15, 0.2) is 18.2 Å². The van der Waals surface area contributed by atoms with E-state index in [4.69, 9.17) is 10.5 Å². The van der Waals surface area contributed by atoms with Crippen molar-refractivity contribution in [1.29, 1.82) is 0 Å². The number of nitrogens with zero attached hydrogens (tertiary/aromatic N) is 1. The van der Waals surface area contributed by atoms with E-state index in [0.717, 1.165) is 0 Å². The summed E-state index contributed by atoms with van der Waals surface area (Å²) in [7, 11) is 1.50. The van der Waals surface area contributed by atoms with E-state index in [0.29, 0.717) is 36.5 Å². The van der Waals surface area contributed by atoms with Crippen molar-refractivity contribution >= 4 is 11.6 Å². The molecule has 0 saturated carbocycles. The van der Waals surface area contributed by atoms with E-state index in [2.05, 4.69) is 0 Å². The summed E-state index contributed by atoms with van der Waals surface area (Å²) in [4.78, 5) is 13.8. The fourth-order valence-electron chi connectivity index (χ4n) is 1.98. The Balaban J connectivity index is 2.24. The number of aliphatic hydroxyl groups excluding tert-OH is 1. The largest absolute Gasteiger partial charge is 0.496 e. The molecule has 1 aromatic rings. The first-order valence-electron chi connectivity index (χ1n) is 5.52. The zero-order valence-electron chi connectivity index (χ0n) is 9.72. The number of hydrogen-bond donors (Lipinski definition) is 2. The van der Waals surface area contributed by atoms with Gasteiger partial charge in [0.05, 0.1) is 18.8 Å². The van der Waals surface area contributed by atoms with E-state index in [1.807, 2.05) is 0 Å². The molecule has 1 aromatic carbocycles. The Hall–Kier alpha value is -1.75. The molecule has 5 heteroatoms. The normalized spacial score (nSPS) is 19.4. The Labute approximate surface area is 99.8 Å². The number of rotatable bonds is 2. The molecule has 1 heterocycles. The lowest BCUT2D eigenvalue weighted by Gasteiger charge is -2.17. The van der Waals surface area contributed by atoms with E-state index in [9.17, 15) is 9.90 Å². The van der Waals surface area contributed by atoms with Crippen LogP contribution in [0, 0.1) is 0 Å². The van der Waals surface area contributed by atoms with Crippen LogP contribution in [0.25, 0.3) is 0 Å². The van der Waals surface area contributed by atoms with Gasteiger partial charge in [-0.15, -0.1) is 0 Å². The molecule has 1 fully saturated rings. The van der Waals surface area contributed by atoms with Crippen LogP contribution in [0.1, 0.15) is 16.8 Å². The number of benzene rings is 1. The van der Waals surface area contributed by atoms with Crippen molar-refractivity contribution in [2.24, 2.45) is 0 Å². The predicted molar refractivity (Wildman–Crippen MR) is 63.9 cm³/mol. The van der Waals surface area contributed by atoms with Crippen LogP contribution < -0.4 is 10.5 Å². The smallest absolute Gasteiger partial charge is 0.257 e. The number of β-amino-alcohol motifs (C(OH)–C–C–N with tert-alkyl or cyclic N) is 1. The maximum Gasteiger partial charge on any atom is 0.257 e. The monoisotopic (exact) mass is 236 g/mol. The van der Waals surface area contributed by atoms with Gasteiger partial charge < -0.3 is 20.5 Å². The van der Waals surface area contributed by atoms with Gasteiger partial charge in [0.15, 0.2) is 0 Å². The van der Waals surface area contributed by atoms with Gasteiger partial charge in [0.1, 0.15) is 5.75 Å². The molecule has 0 bridgehead atoms. The van der Waals surface area contributed by atoms with Gasteiger partial charge in [0.2, 0.25) is 0 Å². The summed E-state index contributed by atoms with van der Waals surface area (Å²) >= 11 is 0. The van der Waals surface area contributed by atoms with Crippen molar-refractivity contribution in [2.75, 3.05) is 25.9 Å². The summed E-state index contributed by atoms with van der Waals surface area (Å²) in [6.07, 6.45) is 0.210. The number of nitrogen functional groups attached to an aromatic ring is 1. The Morgan fingerprint density at radius 3 is 2.94 bits per heavy atom. The summed E-state index contributed by atoms with van der Waals surface area (Å²) in [5.41, 5.74) is 6.67. The highest BCUT2D eigenvalue weighted by atomic mass is 16.5. The third kappa shape index (κ3) is 2.34. The van der Waals surface area contributed by atoms with Gasteiger partial charge >= 0.3 is 0 Å². The first-order valence-corrected chi connectivity index (χ1v) is 5.52. The Morgan fingerprint density at radius 1 is 1.59 bits per heavy atom. The molecule has 1 amide bonds. The van der Waals surface area contributed by atoms with Gasteiger partial charge in [-0.2, -0.15) is 0 Å². The molecule has 0 aliphatic carbocycles. The van der Waals surface area contributed by atoms with E-state index in [1.165, 1.54) is 7.11 Å². The standard InChI is InChI=1S/C12H16N2O3/c1-17-11-6-8(13)2-3-10(11)12(16)14-5-4-9(15)7-14/h2-3,6,9,15H,4-5,7,13H2,1H3/t9-/m0/s1. The average molecular weight is 236 g/mol. The Bertz CT molecular complexity index is 434. The molecule has 0 spiro atoms. The number of carbonyl (C=O) groups excluding carboxylic acids is 1. The summed E-state index contributed by atoms with van der Waals surface area (Å²) in [5.74, 6) is 0.342. The van der Waals surface area contributed by atoms with Crippen molar-refractivity contribution in [3.63, 3.8) is 0 Å². The highest BCUT2D eigenvalue weighted by molar-refractivity contribution is 5.97. The van der Waals surface area contributed by atoms with Crippen LogP contribution >= 0.6 is 0 Å². The van der Waals surface area contributed by atoms with Gasteiger partial charge in [0.25, 0.3) is 5.91 Å². The first-order chi connectivity index (χ1) is 8.11. The fourth-order valence-corrected chi connectivity index (χ4v) is 1.98. The number of amides is 1. The maximum atomic E-state index is 12.2. The quantitative estimate of drug-likeness (QED) is 0.732. The third-order valence-electron chi connectivity index (χ3n) is 2.91. The molecule has 0 aromatic heterocycles. The van der Waals surface area contributed by atoms with Gasteiger partial charge in [0, 0.05) is 24.8 Å². The van der Waals surface area contributed by atoms with Crippen LogP contribution in [0.3, 0.4) is 0 Å². The maximum absolute atomic E-state index is 12.2. The van der Waals surface area contributed by atoms with E-state index < -0.39 is 6.10 Å². The van der Waals surface area contributed by atoms with E-state index in [-0.39, 0.29) is 5.91 Å². The van der Waals surface area contributed by atoms with Crippen molar-refractivity contribution in [2.45, 2.75) is 12.5 Å². The van der Waals surface area contributed by atoms with Crippen molar-refractivity contribution < 1.29 is 14.6 Å². The summed E-state index contributed by atoms with van der Waals surface area (Å²) in [5, 5.41) is 9.42. The van der Waals surface area contributed by atoms with Crippen LogP contribution in [-0.2, 0) is 0 Å². The van der Waals surface area contributed by atoms with E-state index in [1.54, 1.807) is 23.1 Å². The second-order valence-electron chi connectivity index (χ2n) is 4.15. The molecule has 2 rings (SSSR count). The number of methoxy groups -OCH3 is 1. The molecule has 1 aliphatic heterocycles. The zero-order valence-corrected chi connectivity index (χ0v) is 9.72. The minimum atomic E-state index is -0.418. The first kappa shape index (κ1) is 11.7. The zero-order chi connectivity index (χ0) is 12.4. The van der Waals surface area contributed by atoms with Gasteiger partial charge in [-0.1, -0.05) is 0 Å². The molecule has 3 N–H and O–H groups in total. The van der Waals surface area contributed by atoms with Crippen molar-refractivity contribution in [3.05, 3.63) is 23.8 Å². The second-order valence-corrected chi connectivity index (χ2v) is 4.15. The lowest BCUT2D eigenvalue weighted by Crippen LogP contribution is -2.29. The Morgan fingerprint density at radius 2 is 2.35 bits per heavy atom. The van der Waals surface area contributed by atoms with Crippen molar-refractivity contribution in [3.8, 4) is 5.75 Å². The van der Waals surface area contributed by atoms with Crippen molar-refractivity contribution in [1.82, 2.24) is 4.90 Å². The summed E-state index contributed by atoms with van der Waals surface area (Å²) in [6.45, 7) is 0.958. The van der Waals surface area contributed by atoms with Crippen LogP contribution in [0.4, 0.5) is 5.69 Å². The molecule has 17 heavy (non-hydrogen) atoms. The fraction of sp³-hybridized carbons (Fsp3) is 0.417. The molecule has 0 unspecified atom stereocenters. The topological polar surface area (TPSA) is 75.8 Å². The van der Waals surface area contributed by atoms with Gasteiger partial charge in [-0.05, 0) is 18.6 Å². The number of aliphatic hydroxyl groups is 1. The highest BCUT2D eigenvalue weighted by Gasteiger charge is 2.27. The molecular formula is C12H16N2O3. The molecule has 1 saturated heterocycles. The lowest BCUT2D eigenvalue weighted by molar-refractivity contribution is 0.0761. The number of likely N-dealkylation sites (tertiary alicyclic amines) is 1.